The summed E-state index contributed by atoms with van der Waals surface area (Å²) in [5.41, 5.74) is -0.540. The third-order valence-corrected chi connectivity index (χ3v) is 4.04. The molecule has 0 radical (unpaired) electrons. The van der Waals surface area contributed by atoms with Gasteiger partial charge in [0.05, 0.1) is 0 Å². The van der Waals surface area contributed by atoms with Crippen LogP contribution < -0.4 is 5.32 Å². The Morgan fingerprint density at radius 3 is 2.43 bits per heavy atom. The molecule has 0 aliphatic heterocycles. The molecular formula is C15H24N2O3S. The maximum Gasteiger partial charge on any atom is 0.323 e. The maximum atomic E-state index is 12.3. The van der Waals surface area contributed by atoms with Gasteiger partial charge < -0.3 is 15.3 Å². The van der Waals surface area contributed by atoms with Crippen molar-refractivity contribution >= 4 is 23.3 Å². The van der Waals surface area contributed by atoms with Gasteiger partial charge in [-0.1, -0.05) is 0 Å². The Hall–Kier alpha value is -1.56. The number of urea groups is 1. The van der Waals surface area contributed by atoms with Gasteiger partial charge >= 0.3 is 12.0 Å². The van der Waals surface area contributed by atoms with E-state index in [4.69, 9.17) is 5.11 Å². The molecule has 0 fully saturated rings. The molecule has 0 aliphatic rings. The van der Waals surface area contributed by atoms with Gasteiger partial charge in [-0.2, -0.15) is 0 Å². The van der Waals surface area contributed by atoms with Crippen LogP contribution in [0.1, 0.15) is 37.4 Å². The lowest BCUT2D eigenvalue weighted by Gasteiger charge is -2.35. The molecule has 0 aliphatic carbocycles. The monoisotopic (exact) mass is 312 g/mol. The molecule has 1 heterocycles. The molecule has 1 atom stereocenters. The van der Waals surface area contributed by atoms with E-state index in [9.17, 15) is 9.59 Å². The molecule has 0 spiro atoms. The first-order valence-corrected chi connectivity index (χ1v) is 7.76. The second-order valence-electron chi connectivity index (χ2n) is 6.22. The fourth-order valence-corrected chi connectivity index (χ4v) is 3.00. The van der Waals surface area contributed by atoms with Crippen LogP contribution in [0.15, 0.2) is 12.1 Å². The number of thiophene rings is 1. The van der Waals surface area contributed by atoms with Crippen molar-refractivity contribution in [2.24, 2.45) is 0 Å². The van der Waals surface area contributed by atoms with E-state index in [0.717, 1.165) is 6.42 Å². The van der Waals surface area contributed by atoms with E-state index in [1.54, 1.807) is 11.3 Å². The van der Waals surface area contributed by atoms with Crippen LogP contribution in [0.3, 0.4) is 0 Å². The molecule has 21 heavy (non-hydrogen) atoms. The third-order valence-electron chi connectivity index (χ3n) is 3.02. The second kappa shape index (κ2) is 6.93. The van der Waals surface area contributed by atoms with E-state index in [1.807, 2.05) is 34.6 Å². The van der Waals surface area contributed by atoms with Crippen molar-refractivity contribution in [1.82, 2.24) is 10.2 Å². The van der Waals surface area contributed by atoms with Gasteiger partial charge in [-0.3, -0.25) is 4.79 Å². The largest absolute Gasteiger partial charge is 0.480 e. The zero-order valence-corrected chi connectivity index (χ0v) is 14.1. The highest BCUT2D eigenvalue weighted by Gasteiger charge is 2.29. The first kappa shape index (κ1) is 17.5. The molecule has 0 saturated heterocycles. The average molecular weight is 312 g/mol. The van der Waals surface area contributed by atoms with Crippen LogP contribution in [-0.4, -0.2) is 40.1 Å². The molecule has 1 unspecified atom stereocenters. The second-order valence-corrected chi connectivity index (χ2v) is 7.59. The van der Waals surface area contributed by atoms with Crippen LogP contribution in [0.2, 0.25) is 0 Å². The fraction of sp³-hybridized carbons (Fsp3) is 0.600. The van der Waals surface area contributed by atoms with Crippen LogP contribution in [-0.2, 0) is 11.2 Å². The van der Waals surface area contributed by atoms with Crippen molar-refractivity contribution in [2.45, 2.75) is 52.6 Å². The Bertz CT molecular complexity index is 505. The summed E-state index contributed by atoms with van der Waals surface area (Å²) in [6, 6.07) is 3.72. The molecular weight excluding hydrogens is 288 g/mol. The summed E-state index contributed by atoms with van der Waals surface area (Å²) < 4.78 is 0. The van der Waals surface area contributed by atoms with Crippen LogP contribution in [0.4, 0.5) is 4.79 Å². The van der Waals surface area contributed by atoms with E-state index < -0.39 is 11.5 Å². The van der Waals surface area contributed by atoms with Crippen LogP contribution in [0.5, 0.6) is 0 Å². The zero-order chi connectivity index (χ0) is 16.2. The average Bonchev–Trinajstić information content (AvgIpc) is 2.69. The van der Waals surface area contributed by atoms with Gasteiger partial charge in [-0.15, -0.1) is 11.3 Å². The van der Waals surface area contributed by atoms with Crippen molar-refractivity contribution < 1.29 is 14.7 Å². The molecule has 2 N–H and O–H groups in total. The quantitative estimate of drug-likeness (QED) is 0.878. The molecule has 0 aromatic carbocycles. The van der Waals surface area contributed by atoms with Gasteiger partial charge in [0.25, 0.3) is 0 Å². The number of carbonyl (C=O) groups excluding carboxylic acids is 1. The number of carbonyl (C=O) groups is 2. The molecule has 118 valence electrons. The van der Waals surface area contributed by atoms with E-state index >= 15 is 0 Å². The summed E-state index contributed by atoms with van der Waals surface area (Å²) >= 11 is 1.71. The van der Waals surface area contributed by atoms with E-state index in [0.29, 0.717) is 0 Å². The summed E-state index contributed by atoms with van der Waals surface area (Å²) in [6.07, 6.45) is 0.745. The number of carboxylic acids is 1. The Kier molecular flexibility index (Phi) is 5.78. The highest BCUT2D eigenvalue weighted by Crippen LogP contribution is 2.17. The van der Waals surface area contributed by atoms with Crippen LogP contribution >= 0.6 is 11.3 Å². The van der Waals surface area contributed by atoms with Crippen molar-refractivity contribution in [1.29, 1.82) is 0 Å². The highest BCUT2D eigenvalue weighted by molar-refractivity contribution is 7.11. The standard InChI is InChI=1S/C15H24N2O3S/c1-10(8-12-7-6-11(2)21-12)16-14(20)17(9-13(18)19)15(3,4)5/h6-7,10H,8-9H2,1-5H3,(H,16,20)(H,18,19). The molecule has 5 nitrogen and oxygen atoms in total. The van der Waals surface area contributed by atoms with Crippen molar-refractivity contribution in [2.75, 3.05) is 6.54 Å². The van der Waals surface area contributed by atoms with E-state index in [1.165, 1.54) is 14.7 Å². The van der Waals surface area contributed by atoms with E-state index in [-0.39, 0.29) is 18.6 Å². The molecule has 1 aromatic rings. The summed E-state index contributed by atoms with van der Waals surface area (Å²) in [5.74, 6) is -1.01. The first-order valence-electron chi connectivity index (χ1n) is 6.95. The minimum Gasteiger partial charge on any atom is -0.480 e. The third kappa shape index (κ3) is 5.75. The number of hydrogen-bond donors (Lipinski definition) is 2. The number of nitrogens with zero attached hydrogens (tertiary/aromatic N) is 1. The highest BCUT2D eigenvalue weighted by atomic mass is 32.1. The number of nitrogens with one attached hydrogen (secondary N) is 1. The smallest absolute Gasteiger partial charge is 0.323 e. The lowest BCUT2D eigenvalue weighted by atomic mass is 10.1. The number of amides is 2. The Morgan fingerprint density at radius 1 is 1.38 bits per heavy atom. The van der Waals surface area contributed by atoms with Crippen molar-refractivity contribution in [3.05, 3.63) is 21.9 Å². The first-order chi connectivity index (χ1) is 9.59. The van der Waals surface area contributed by atoms with Gasteiger partial charge in [0.2, 0.25) is 0 Å². The SMILES string of the molecule is Cc1ccc(CC(C)NC(=O)N(CC(=O)O)C(C)(C)C)s1. The van der Waals surface area contributed by atoms with Gasteiger partial charge in [-0.25, -0.2) is 4.79 Å². The number of aryl methyl sites for hydroxylation is 1. The number of rotatable bonds is 5. The lowest BCUT2D eigenvalue weighted by molar-refractivity contribution is -0.138. The van der Waals surface area contributed by atoms with Crippen LogP contribution in [0, 0.1) is 6.92 Å². The van der Waals surface area contributed by atoms with Gasteiger partial charge in [-0.05, 0) is 46.8 Å². The van der Waals surface area contributed by atoms with E-state index in [2.05, 4.69) is 17.4 Å². The lowest BCUT2D eigenvalue weighted by Crippen LogP contribution is -2.54. The van der Waals surface area contributed by atoms with Crippen LogP contribution in [0.25, 0.3) is 0 Å². The normalized spacial score (nSPS) is 12.8. The minimum absolute atomic E-state index is 0.0470. The van der Waals surface area contributed by atoms with Crippen molar-refractivity contribution in [3.8, 4) is 0 Å². The number of aliphatic carboxylic acids is 1. The Labute approximate surface area is 130 Å². The van der Waals surface area contributed by atoms with Gasteiger partial charge in [0.15, 0.2) is 0 Å². The summed E-state index contributed by atoms with van der Waals surface area (Å²) in [5, 5.41) is 11.8. The molecule has 0 saturated carbocycles. The van der Waals surface area contributed by atoms with Gasteiger partial charge in [0.1, 0.15) is 6.54 Å². The Morgan fingerprint density at radius 2 is 2.00 bits per heavy atom. The molecule has 2 amide bonds. The fourth-order valence-electron chi connectivity index (χ4n) is 1.99. The van der Waals surface area contributed by atoms with Gasteiger partial charge in [0, 0.05) is 27.8 Å². The zero-order valence-electron chi connectivity index (χ0n) is 13.3. The molecule has 0 bridgehead atoms. The topological polar surface area (TPSA) is 69.6 Å². The van der Waals surface area contributed by atoms with Crippen molar-refractivity contribution in [3.63, 3.8) is 0 Å². The molecule has 1 aromatic heterocycles. The molecule has 6 heteroatoms. The summed E-state index contributed by atoms with van der Waals surface area (Å²) in [7, 11) is 0. The Balaban J connectivity index is 2.65. The summed E-state index contributed by atoms with van der Waals surface area (Å²) in [6.45, 7) is 9.13. The number of hydrogen-bond acceptors (Lipinski definition) is 3. The maximum absolute atomic E-state index is 12.3. The molecule has 1 rings (SSSR count). The predicted octanol–water partition coefficient (Wildman–Crippen LogP) is 2.88. The summed E-state index contributed by atoms with van der Waals surface area (Å²) in [4.78, 5) is 27.0. The number of carboxylic acid groups (broad SMARTS) is 1. The minimum atomic E-state index is -1.01. The predicted molar refractivity (Wildman–Crippen MR) is 84.8 cm³/mol.